The van der Waals surface area contributed by atoms with Crippen LogP contribution in [-0.4, -0.2) is 43.1 Å². The van der Waals surface area contributed by atoms with Crippen molar-refractivity contribution in [3.63, 3.8) is 0 Å². The molecule has 0 saturated carbocycles. The van der Waals surface area contributed by atoms with Gasteiger partial charge in [-0.05, 0) is 66.5 Å². The molecule has 0 spiro atoms. The number of benzene rings is 3. The molecule has 11 heteroatoms. The van der Waals surface area contributed by atoms with Crippen molar-refractivity contribution in [1.29, 1.82) is 5.41 Å². The number of hydrogen-bond acceptors (Lipinski definition) is 6. The number of nitrogen functional groups attached to an aromatic ring is 1. The van der Waals surface area contributed by atoms with Gasteiger partial charge in [-0.25, -0.2) is 13.1 Å². The van der Waals surface area contributed by atoms with E-state index in [0.29, 0.717) is 36.8 Å². The van der Waals surface area contributed by atoms with Gasteiger partial charge in [-0.3, -0.25) is 20.0 Å². The highest BCUT2D eigenvalue weighted by Gasteiger charge is 2.28. The highest BCUT2D eigenvalue weighted by Crippen LogP contribution is 2.12. The number of nitrogens with two attached hydrogens (primary N) is 1. The molecule has 0 unspecified atom stereocenters. The Morgan fingerprint density at radius 1 is 0.717 bits per heavy atom. The van der Waals surface area contributed by atoms with Gasteiger partial charge < -0.3 is 16.4 Å². The summed E-state index contributed by atoms with van der Waals surface area (Å²) >= 11 is 0. The van der Waals surface area contributed by atoms with E-state index in [9.17, 15) is 18.0 Å². The van der Waals surface area contributed by atoms with Crippen molar-refractivity contribution in [1.82, 2.24) is 20.3 Å². The van der Waals surface area contributed by atoms with Gasteiger partial charge in [0.05, 0.1) is 5.75 Å². The summed E-state index contributed by atoms with van der Waals surface area (Å²) < 4.78 is 29.0. The fraction of sp³-hybridized carbons (Fsp3) is 0.257. The van der Waals surface area contributed by atoms with Gasteiger partial charge in [0.1, 0.15) is 17.9 Å². The molecule has 4 aromatic rings. The second-order valence-corrected chi connectivity index (χ2v) is 12.8. The normalized spacial score (nSPS) is 12.5. The third-order valence-electron chi connectivity index (χ3n) is 7.47. The Bertz CT molecular complexity index is 1670. The number of nitrogens with one attached hydrogen (secondary N) is 4. The van der Waals surface area contributed by atoms with Crippen LogP contribution in [0.4, 0.5) is 0 Å². The van der Waals surface area contributed by atoms with Gasteiger partial charge in [0, 0.05) is 24.5 Å². The molecule has 2 atom stereocenters. The summed E-state index contributed by atoms with van der Waals surface area (Å²) in [5.74, 6) is -1.28. The standard InChI is InChI=1S/C35H40N6O4S/c36-33(37)30-17-14-28(15-18-30)24-39-34(42)31(19-16-27-20-22-38-23-21-27)40-35(43)32(13-7-12-26-8-3-1-4-9-26)41-46(44,45)25-29-10-5-2-6-11-29/h1-6,8-11,14-15,17-18,20-23,31-32,41H,7,12-13,16,19,24-25H2,(H3,36,37)(H,39,42)(H,40,43)/t31-,32-/m1/s1. The summed E-state index contributed by atoms with van der Waals surface area (Å²) in [7, 11) is -3.88. The van der Waals surface area contributed by atoms with E-state index >= 15 is 0 Å². The second-order valence-electron chi connectivity index (χ2n) is 11.1. The topological polar surface area (TPSA) is 167 Å². The minimum absolute atomic E-state index is 0.0489. The molecule has 240 valence electrons. The first-order valence-corrected chi connectivity index (χ1v) is 16.8. The van der Waals surface area contributed by atoms with E-state index in [0.717, 1.165) is 16.7 Å². The lowest BCUT2D eigenvalue weighted by atomic mass is 10.0. The third-order valence-corrected chi connectivity index (χ3v) is 8.83. The van der Waals surface area contributed by atoms with Crippen molar-refractivity contribution < 1.29 is 18.0 Å². The van der Waals surface area contributed by atoms with Gasteiger partial charge in [0.2, 0.25) is 21.8 Å². The lowest BCUT2D eigenvalue weighted by Crippen LogP contribution is -2.53. The van der Waals surface area contributed by atoms with Gasteiger partial charge in [-0.1, -0.05) is 84.9 Å². The van der Waals surface area contributed by atoms with Gasteiger partial charge in [-0.15, -0.1) is 0 Å². The van der Waals surface area contributed by atoms with Crippen molar-refractivity contribution in [2.24, 2.45) is 5.73 Å². The van der Waals surface area contributed by atoms with E-state index in [1.807, 2.05) is 48.5 Å². The van der Waals surface area contributed by atoms with Crippen LogP contribution in [0.25, 0.3) is 0 Å². The first-order chi connectivity index (χ1) is 22.2. The van der Waals surface area contributed by atoms with Crippen LogP contribution in [0.15, 0.2) is 109 Å². The maximum Gasteiger partial charge on any atom is 0.242 e. The minimum Gasteiger partial charge on any atom is -0.384 e. The molecule has 0 radical (unpaired) electrons. The predicted molar refractivity (Wildman–Crippen MR) is 179 cm³/mol. The molecule has 2 amide bonds. The lowest BCUT2D eigenvalue weighted by Gasteiger charge is -2.23. The van der Waals surface area contributed by atoms with Crippen LogP contribution in [-0.2, 0) is 44.8 Å². The largest absolute Gasteiger partial charge is 0.384 e. The van der Waals surface area contributed by atoms with Crippen molar-refractivity contribution in [3.8, 4) is 0 Å². The summed E-state index contributed by atoms with van der Waals surface area (Å²) in [6.07, 6.45) is 5.58. The Labute approximate surface area is 270 Å². The fourth-order valence-corrected chi connectivity index (χ4v) is 6.34. The molecule has 0 fully saturated rings. The van der Waals surface area contributed by atoms with E-state index in [-0.39, 0.29) is 24.6 Å². The number of amidine groups is 1. The number of aryl methyl sites for hydroxylation is 2. The molecule has 0 aliphatic heterocycles. The molecule has 4 rings (SSSR count). The quantitative estimate of drug-likeness (QED) is 0.0873. The number of hydrogen-bond donors (Lipinski definition) is 5. The molecule has 3 aromatic carbocycles. The van der Waals surface area contributed by atoms with Crippen molar-refractivity contribution in [2.75, 3.05) is 0 Å². The molecule has 0 bridgehead atoms. The number of nitrogens with zero attached hydrogens (tertiary/aromatic N) is 1. The van der Waals surface area contributed by atoms with Crippen LogP contribution in [0, 0.1) is 5.41 Å². The van der Waals surface area contributed by atoms with Crippen molar-refractivity contribution in [2.45, 2.75) is 56.5 Å². The van der Waals surface area contributed by atoms with Gasteiger partial charge in [-0.2, -0.15) is 0 Å². The monoisotopic (exact) mass is 640 g/mol. The Balaban J connectivity index is 1.48. The van der Waals surface area contributed by atoms with E-state index < -0.39 is 33.9 Å². The van der Waals surface area contributed by atoms with Crippen molar-refractivity contribution in [3.05, 3.63) is 137 Å². The molecule has 6 N–H and O–H groups in total. The minimum atomic E-state index is -3.88. The van der Waals surface area contributed by atoms with Crippen LogP contribution in [0.1, 0.15) is 47.1 Å². The number of rotatable bonds is 17. The molecule has 46 heavy (non-hydrogen) atoms. The zero-order valence-corrected chi connectivity index (χ0v) is 26.4. The van der Waals surface area contributed by atoms with Gasteiger partial charge >= 0.3 is 0 Å². The second kappa shape index (κ2) is 17.0. The molecular weight excluding hydrogens is 600 g/mol. The number of aromatic nitrogens is 1. The summed E-state index contributed by atoms with van der Waals surface area (Å²) in [6, 6.07) is 27.2. The molecule has 1 heterocycles. The maximum atomic E-state index is 13.8. The number of amides is 2. The van der Waals surface area contributed by atoms with Crippen LogP contribution in [0.2, 0.25) is 0 Å². The van der Waals surface area contributed by atoms with Crippen molar-refractivity contribution >= 4 is 27.7 Å². The summed E-state index contributed by atoms with van der Waals surface area (Å²) in [5, 5.41) is 13.3. The smallest absolute Gasteiger partial charge is 0.242 e. The molecule has 10 nitrogen and oxygen atoms in total. The first kappa shape index (κ1) is 34.0. The molecule has 0 saturated heterocycles. The number of pyridine rings is 1. The number of carbonyl (C=O) groups is 2. The summed E-state index contributed by atoms with van der Waals surface area (Å²) in [5.41, 5.74) is 9.55. The fourth-order valence-electron chi connectivity index (χ4n) is 4.97. The molecule has 0 aliphatic rings. The number of carbonyl (C=O) groups excluding carboxylic acids is 2. The van der Waals surface area contributed by atoms with Crippen LogP contribution in [0.5, 0.6) is 0 Å². The molecular formula is C35H40N6O4S. The highest BCUT2D eigenvalue weighted by atomic mass is 32.2. The van der Waals surface area contributed by atoms with Gasteiger partial charge in [0.25, 0.3) is 0 Å². The Morgan fingerprint density at radius 3 is 1.96 bits per heavy atom. The Morgan fingerprint density at radius 2 is 1.33 bits per heavy atom. The highest BCUT2D eigenvalue weighted by molar-refractivity contribution is 7.88. The first-order valence-electron chi connectivity index (χ1n) is 15.2. The average Bonchev–Trinajstić information content (AvgIpc) is 3.06. The van der Waals surface area contributed by atoms with E-state index in [1.165, 1.54) is 0 Å². The lowest BCUT2D eigenvalue weighted by molar-refractivity contribution is -0.130. The van der Waals surface area contributed by atoms with Crippen LogP contribution >= 0.6 is 0 Å². The van der Waals surface area contributed by atoms with Gasteiger partial charge in [0.15, 0.2) is 0 Å². The summed E-state index contributed by atoms with van der Waals surface area (Å²) in [4.78, 5) is 31.3. The predicted octanol–water partition coefficient (Wildman–Crippen LogP) is 3.61. The third kappa shape index (κ3) is 11.2. The van der Waals surface area contributed by atoms with E-state index in [1.54, 1.807) is 60.9 Å². The average molecular weight is 641 g/mol. The maximum absolute atomic E-state index is 13.8. The Kier molecular flexibility index (Phi) is 12.6. The Hall–Kier alpha value is -4.87. The van der Waals surface area contributed by atoms with E-state index in [2.05, 4.69) is 20.3 Å². The molecule has 1 aromatic heterocycles. The molecule has 0 aliphatic carbocycles. The number of sulfonamides is 1. The van der Waals surface area contributed by atoms with Crippen LogP contribution in [0.3, 0.4) is 0 Å². The van der Waals surface area contributed by atoms with Crippen LogP contribution < -0.4 is 21.1 Å². The zero-order valence-electron chi connectivity index (χ0n) is 25.6. The SMILES string of the molecule is N=C(N)c1ccc(CNC(=O)[C@@H](CCc2ccncc2)NC(=O)[C@@H](CCCc2ccccc2)NS(=O)(=O)Cc2ccccc2)cc1. The summed E-state index contributed by atoms with van der Waals surface area (Å²) in [6.45, 7) is 0.197. The van der Waals surface area contributed by atoms with E-state index in [4.69, 9.17) is 11.1 Å². The zero-order chi connectivity index (χ0) is 32.8.